The molecule has 180 valence electrons. The average molecular weight is 456 g/mol. The van der Waals surface area contributed by atoms with Gasteiger partial charge in [-0.05, 0) is 95.1 Å². The number of hydrogen-bond acceptors (Lipinski definition) is 4. The Labute approximate surface area is 196 Å². The van der Waals surface area contributed by atoms with Crippen molar-refractivity contribution in [2.24, 2.45) is 17.8 Å². The molecule has 0 spiro atoms. The molecule has 1 atom stereocenters. The van der Waals surface area contributed by atoms with Crippen molar-refractivity contribution in [3.63, 3.8) is 0 Å². The van der Waals surface area contributed by atoms with E-state index in [1.807, 2.05) is 32.9 Å². The summed E-state index contributed by atoms with van der Waals surface area (Å²) in [5, 5.41) is 8.89. The summed E-state index contributed by atoms with van der Waals surface area (Å²) >= 11 is 0. The lowest BCUT2D eigenvalue weighted by Crippen LogP contribution is -2.61. The van der Waals surface area contributed by atoms with Gasteiger partial charge in [0.2, 0.25) is 0 Å². The molecule has 3 amide bonds. The predicted octanol–water partition coefficient (Wildman–Crippen LogP) is 4.14. The fraction of sp³-hybridized carbons (Fsp3) is 0.654. The lowest BCUT2D eigenvalue weighted by atomic mass is 9.53. The van der Waals surface area contributed by atoms with Gasteiger partial charge in [0.15, 0.2) is 6.10 Å². The lowest BCUT2D eigenvalue weighted by molar-refractivity contribution is -0.153. The molecule has 0 unspecified atom stereocenters. The summed E-state index contributed by atoms with van der Waals surface area (Å²) in [6, 6.07) is 3.79. The summed E-state index contributed by atoms with van der Waals surface area (Å²) in [5.41, 5.74) is 3.75. The van der Waals surface area contributed by atoms with Crippen LogP contribution in [0.25, 0.3) is 0 Å². The van der Waals surface area contributed by atoms with Gasteiger partial charge in [0.1, 0.15) is 0 Å². The van der Waals surface area contributed by atoms with Crippen molar-refractivity contribution in [1.29, 1.82) is 0 Å². The van der Waals surface area contributed by atoms with Gasteiger partial charge in [0.25, 0.3) is 5.91 Å². The fourth-order valence-electron chi connectivity index (χ4n) is 6.74. The van der Waals surface area contributed by atoms with Crippen LogP contribution in [0.1, 0.15) is 68.6 Å². The first kappa shape index (κ1) is 23.6. The predicted molar refractivity (Wildman–Crippen MR) is 127 cm³/mol. The maximum Gasteiger partial charge on any atom is 0.315 e. The first-order valence-electron chi connectivity index (χ1n) is 12.3. The summed E-state index contributed by atoms with van der Waals surface area (Å²) in [5.74, 6) is 1.39. The highest BCUT2D eigenvalue weighted by molar-refractivity contribution is 5.96. The van der Waals surface area contributed by atoms with E-state index in [4.69, 9.17) is 4.74 Å². The number of amides is 3. The topological polar surface area (TPSA) is 96.5 Å². The van der Waals surface area contributed by atoms with Crippen molar-refractivity contribution >= 4 is 23.6 Å². The zero-order valence-corrected chi connectivity index (χ0v) is 20.3. The number of esters is 1. The number of benzene rings is 1. The fourth-order valence-corrected chi connectivity index (χ4v) is 6.74. The highest BCUT2D eigenvalue weighted by Crippen LogP contribution is 2.55. The van der Waals surface area contributed by atoms with Crippen LogP contribution in [0.15, 0.2) is 12.1 Å². The van der Waals surface area contributed by atoms with Gasteiger partial charge in [0.05, 0.1) is 6.42 Å². The highest BCUT2D eigenvalue weighted by atomic mass is 16.5. The number of rotatable bonds is 7. The van der Waals surface area contributed by atoms with Crippen LogP contribution in [0.2, 0.25) is 0 Å². The van der Waals surface area contributed by atoms with Crippen molar-refractivity contribution in [2.75, 3.05) is 11.9 Å². The monoisotopic (exact) mass is 455 g/mol. The summed E-state index contributed by atoms with van der Waals surface area (Å²) in [6.07, 6.45) is 6.33. The number of carbonyl (C=O) groups excluding carboxylic acids is 3. The van der Waals surface area contributed by atoms with E-state index in [0.717, 1.165) is 59.4 Å². The van der Waals surface area contributed by atoms with Crippen LogP contribution >= 0.6 is 0 Å². The van der Waals surface area contributed by atoms with Crippen LogP contribution < -0.4 is 16.0 Å². The third kappa shape index (κ3) is 5.50. The third-order valence-electron chi connectivity index (χ3n) is 7.63. The molecule has 4 saturated carbocycles. The molecule has 3 N–H and O–H groups in total. The average Bonchev–Trinajstić information content (AvgIpc) is 2.68. The van der Waals surface area contributed by atoms with Gasteiger partial charge in [-0.15, -0.1) is 0 Å². The first-order chi connectivity index (χ1) is 15.6. The third-order valence-corrected chi connectivity index (χ3v) is 7.63. The Hall–Kier alpha value is -2.57. The van der Waals surface area contributed by atoms with Crippen LogP contribution in [-0.4, -0.2) is 36.1 Å². The van der Waals surface area contributed by atoms with E-state index >= 15 is 0 Å². The maximum atomic E-state index is 12.5. The number of aryl methyl sites for hydroxylation is 3. The second kappa shape index (κ2) is 9.35. The van der Waals surface area contributed by atoms with Crippen molar-refractivity contribution in [1.82, 2.24) is 10.6 Å². The molecule has 0 heterocycles. The van der Waals surface area contributed by atoms with E-state index in [1.165, 1.54) is 19.3 Å². The Morgan fingerprint density at radius 1 is 1.00 bits per heavy atom. The minimum absolute atomic E-state index is 0.0223. The van der Waals surface area contributed by atoms with E-state index < -0.39 is 12.1 Å². The molecule has 0 saturated heterocycles. The van der Waals surface area contributed by atoms with Crippen molar-refractivity contribution < 1.29 is 19.1 Å². The Kier molecular flexibility index (Phi) is 6.68. The molecular formula is C26H37N3O4. The van der Waals surface area contributed by atoms with E-state index in [-0.39, 0.29) is 30.4 Å². The molecule has 4 aliphatic carbocycles. The number of hydrogen-bond donors (Lipinski definition) is 3. The van der Waals surface area contributed by atoms with E-state index in [1.54, 1.807) is 6.92 Å². The molecule has 7 heteroatoms. The minimum atomic E-state index is -0.918. The number of ether oxygens (including phenoxy) is 1. The number of urea groups is 1. The quantitative estimate of drug-likeness (QED) is 0.539. The van der Waals surface area contributed by atoms with Crippen molar-refractivity contribution in [3.8, 4) is 0 Å². The summed E-state index contributed by atoms with van der Waals surface area (Å²) in [7, 11) is 0. The molecular weight excluding hydrogens is 418 g/mol. The molecule has 4 aliphatic rings. The Balaban J connectivity index is 1.19. The van der Waals surface area contributed by atoms with Gasteiger partial charge < -0.3 is 20.7 Å². The van der Waals surface area contributed by atoms with Crippen LogP contribution in [0.4, 0.5) is 10.5 Å². The molecule has 5 rings (SSSR count). The van der Waals surface area contributed by atoms with E-state index in [9.17, 15) is 14.4 Å². The van der Waals surface area contributed by atoms with Gasteiger partial charge in [0, 0.05) is 17.8 Å². The highest BCUT2D eigenvalue weighted by Gasteiger charge is 2.51. The zero-order valence-electron chi connectivity index (χ0n) is 20.3. The van der Waals surface area contributed by atoms with Crippen molar-refractivity contribution in [3.05, 3.63) is 28.8 Å². The van der Waals surface area contributed by atoms with Crippen molar-refractivity contribution in [2.45, 2.75) is 84.3 Å². The second-order valence-corrected chi connectivity index (χ2v) is 10.7. The number of nitrogens with one attached hydrogen (secondary N) is 3. The standard InChI is InChI=1S/C26H37N3O4/c1-15-7-16(2)23(17(3)8-15)28-24(31)18(4)33-22(30)5-6-27-25(32)29-26-12-19-9-20(13-26)11-21(10-19)14-26/h7-8,18-21H,5-6,9-14H2,1-4H3,(H,28,31)(H2,27,29,32)/t18-,19?,20?,21?,26?/m1/s1. The molecule has 0 aromatic heterocycles. The molecule has 0 radical (unpaired) electrons. The SMILES string of the molecule is Cc1cc(C)c(NC(=O)[C@@H](C)OC(=O)CCNC(=O)NC23CC4CC(CC(C4)C2)C3)c(C)c1. The molecule has 33 heavy (non-hydrogen) atoms. The second-order valence-electron chi connectivity index (χ2n) is 10.7. The smallest absolute Gasteiger partial charge is 0.315 e. The summed E-state index contributed by atoms with van der Waals surface area (Å²) in [4.78, 5) is 37.2. The van der Waals surface area contributed by atoms with Crippen LogP contribution in [0.5, 0.6) is 0 Å². The maximum absolute atomic E-state index is 12.5. The summed E-state index contributed by atoms with van der Waals surface area (Å²) < 4.78 is 5.28. The molecule has 4 fully saturated rings. The normalized spacial score (nSPS) is 28.2. The van der Waals surface area contributed by atoms with Crippen LogP contribution in [0.3, 0.4) is 0 Å². The molecule has 1 aromatic rings. The molecule has 1 aromatic carbocycles. The van der Waals surface area contributed by atoms with Crippen LogP contribution in [-0.2, 0) is 14.3 Å². The zero-order chi connectivity index (χ0) is 23.8. The van der Waals surface area contributed by atoms with Gasteiger partial charge in [-0.25, -0.2) is 4.79 Å². The minimum Gasteiger partial charge on any atom is -0.452 e. The van der Waals surface area contributed by atoms with E-state index in [2.05, 4.69) is 16.0 Å². The van der Waals surface area contributed by atoms with Gasteiger partial charge in [-0.3, -0.25) is 9.59 Å². The Morgan fingerprint density at radius 2 is 1.55 bits per heavy atom. The Morgan fingerprint density at radius 3 is 2.09 bits per heavy atom. The first-order valence-corrected chi connectivity index (χ1v) is 12.3. The summed E-state index contributed by atoms with van der Waals surface area (Å²) in [6.45, 7) is 7.62. The molecule has 7 nitrogen and oxygen atoms in total. The van der Waals surface area contributed by atoms with E-state index in [0.29, 0.717) is 0 Å². The van der Waals surface area contributed by atoms with Gasteiger partial charge >= 0.3 is 12.0 Å². The van der Waals surface area contributed by atoms with Crippen LogP contribution in [0, 0.1) is 38.5 Å². The lowest BCUT2D eigenvalue weighted by Gasteiger charge is -2.56. The Bertz CT molecular complexity index is 883. The number of anilines is 1. The van der Waals surface area contributed by atoms with Gasteiger partial charge in [-0.2, -0.15) is 0 Å². The van der Waals surface area contributed by atoms with Gasteiger partial charge in [-0.1, -0.05) is 17.7 Å². The molecule has 0 aliphatic heterocycles. The number of carbonyl (C=O) groups is 3. The largest absolute Gasteiger partial charge is 0.452 e. The molecule has 4 bridgehead atoms.